The summed E-state index contributed by atoms with van der Waals surface area (Å²) in [4.78, 5) is 0.270. The lowest BCUT2D eigenvalue weighted by Crippen LogP contribution is -2.25. The number of rotatable bonds is 2. The van der Waals surface area contributed by atoms with Crippen LogP contribution in [-0.2, 0) is 16.3 Å². The van der Waals surface area contributed by atoms with Crippen LogP contribution in [0.1, 0.15) is 17.2 Å². The highest BCUT2D eigenvalue weighted by Crippen LogP contribution is 2.37. The second-order valence-corrected chi connectivity index (χ2v) is 6.91. The first-order valence-corrected chi connectivity index (χ1v) is 7.70. The zero-order chi connectivity index (χ0) is 13.5. The van der Waals surface area contributed by atoms with Crippen molar-refractivity contribution in [2.45, 2.75) is 22.7 Å². The Morgan fingerprint density at radius 2 is 1.58 bits per heavy atom. The van der Waals surface area contributed by atoms with Crippen LogP contribution in [0.3, 0.4) is 0 Å². The normalized spacial score (nSPS) is 22.2. The highest BCUT2D eigenvalue weighted by Gasteiger charge is 2.40. The molecule has 0 spiro atoms. The maximum absolute atomic E-state index is 12.6. The largest absolute Gasteiger partial charge is 0.387 e. The Morgan fingerprint density at radius 3 is 2.26 bits per heavy atom. The lowest BCUT2D eigenvalue weighted by Gasteiger charge is -2.16. The molecule has 0 saturated heterocycles. The van der Waals surface area contributed by atoms with E-state index in [1.165, 1.54) is 0 Å². The Labute approximate surface area is 112 Å². The average molecular weight is 274 g/mol. The maximum Gasteiger partial charge on any atom is 0.184 e. The monoisotopic (exact) mass is 274 g/mol. The molecule has 3 rings (SSSR count). The zero-order valence-corrected chi connectivity index (χ0v) is 11.0. The van der Waals surface area contributed by atoms with Gasteiger partial charge >= 0.3 is 0 Å². The van der Waals surface area contributed by atoms with Gasteiger partial charge in [0.15, 0.2) is 9.84 Å². The molecule has 3 nitrogen and oxygen atoms in total. The average Bonchev–Trinajstić information content (AvgIpc) is 2.78. The summed E-state index contributed by atoms with van der Waals surface area (Å²) in [5, 5.41) is 9.47. The molecule has 0 aliphatic heterocycles. The first-order valence-electron chi connectivity index (χ1n) is 6.15. The molecule has 0 unspecified atom stereocenters. The van der Waals surface area contributed by atoms with Gasteiger partial charge in [0.1, 0.15) is 0 Å². The molecule has 0 fully saturated rings. The predicted molar refractivity (Wildman–Crippen MR) is 72.5 cm³/mol. The summed E-state index contributed by atoms with van der Waals surface area (Å²) in [6.45, 7) is 0. The van der Waals surface area contributed by atoms with Gasteiger partial charge in [0.25, 0.3) is 0 Å². The van der Waals surface area contributed by atoms with Gasteiger partial charge in [-0.3, -0.25) is 0 Å². The minimum Gasteiger partial charge on any atom is -0.387 e. The molecule has 0 bridgehead atoms. The number of benzene rings is 2. The summed E-state index contributed by atoms with van der Waals surface area (Å²) in [5.41, 5.74) is 1.64. The first kappa shape index (κ1) is 12.4. The van der Waals surface area contributed by atoms with Crippen molar-refractivity contribution in [2.24, 2.45) is 0 Å². The lowest BCUT2D eigenvalue weighted by atomic mass is 10.1. The van der Waals surface area contributed by atoms with E-state index in [1.54, 1.807) is 36.4 Å². The van der Waals surface area contributed by atoms with Crippen LogP contribution in [0.5, 0.6) is 0 Å². The third kappa shape index (κ3) is 1.97. The molecule has 2 aromatic rings. The first-order chi connectivity index (χ1) is 9.10. The van der Waals surface area contributed by atoms with Crippen molar-refractivity contribution in [3.63, 3.8) is 0 Å². The minimum absolute atomic E-state index is 0.270. The predicted octanol–water partition coefficient (Wildman–Crippen LogP) is 2.12. The van der Waals surface area contributed by atoms with Crippen LogP contribution in [0.4, 0.5) is 0 Å². The van der Waals surface area contributed by atoms with Crippen molar-refractivity contribution in [3.8, 4) is 0 Å². The molecule has 19 heavy (non-hydrogen) atoms. The summed E-state index contributed by atoms with van der Waals surface area (Å²) in [6.07, 6.45) is -0.574. The SMILES string of the molecule is O=S(=O)(c1ccccc1)[C@H]1Cc2ccccc2[C@H]1O. The Balaban J connectivity index is 2.02. The van der Waals surface area contributed by atoms with Gasteiger partial charge < -0.3 is 5.11 Å². The molecule has 1 aliphatic rings. The molecular weight excluding hydrogens is 260 g/mol. The molecule has 98 valence electrons. The molecule has 0 saturated carbocycles. The van der Waals surface area contributed by atoms with Gasteiger partial charge in [-0.1, -0.05) is 42.5 Å². The second kappa shape index (κ2) is 4.47. The zero-order valence-electron chi connectivity index (χ0n) is 10.2. The van der Waals surface area contributed by atoms with E-state index >= 15 is 0 Å². The van der Waals surface area contributed by atoms with Gasteiger partial charge in [0.2, 0.25) is 0 Å². The maximum atomic E-state index is 12.6. The molecule has 4 heteroatoms. The number of aliphatic hydroxyl groups is 1. The molecule has 1 N–H and O–H groups in total. The van der Waals surface area contributed by atoms with E-state index in [0.29, 0.717) is 6.42 Å². The fourth-order valence-corrected chi connectivity index (χ4v) is 4.37. The van der Waals surface area contributed by atoms with Gasteiger partial charge in [0, 0.05) is 0 Å². The van der Waals surface area contributed by atoms with E-state index in [0.717, 1.165) is 11.1 Å². The van der Waals surface area contributed by atoms with Crippen molar-refractivity contribution < 1.29 is 13.5 Å². The Kier molecular flexibility index (Phi) is 2.92. The molecule has 0 radical (unpaired) electrons. The van der Waals surface area contributed by atoms with E-state index in [2.05, 4.69) is 0 Å². The van der Waals surface area contributed by atoms with Crippen molar-refractivity contribution in [3.05, 3.63) is 65.7 Å². The summed E-state index contributed by atoms with van der Waals surface area (Å²) in [5.74, 6) is 0. The van der Waals surface area contributed by atoms with Crippen molar-refractivity contribution >= 4 is 9.84 Å². The van der Waals surface area contributed by atoms with E-state index in [4.69, 9.17) is 0 Å². The molecular formula is C15H14O3S. The number of hydrogen-bond donors (Lipinski definition) is 1. The van der Waals surface area contributed by atoms with Gasteiger partial charge in [0.05, 0.1) is 16.2 Å². The molecule has 0 heterocycles. The summed E-state index contributed by atoms with van der Waals surface area (Å²) in [7, 11) is -3.51. The Bertz CT molecular complexity index is 692. The van der Waals surface area contributed by atoms with Crippen LogP contribution < -0.4 is 0 Å². The standard InChI is InChI=1S/C15H14O3S/c16-15-13-9-5-4-6-11(13)10-14(15)19(17,18)12-7-2-1-3-8-12/h1-9,14-16H,10H2/t14-,15+/m0/s1. The van der Waals surface area contributed by atoms with Gasteiger partial charge in [-0.2, -0.15) is 0 Å². The number of aliphatic hydroxyl groups excluding tert-OH is 1. The van der Waals surface area contributed by atoms with Crippen molar-refractivity contribution in [2.75, 3.05) is 0 Å². The molecule has 1 aliphatic carbocycles. The van der Waals surface area contributed by atoms with Crippen LogP contribution in [0.25, 0.3) is 0 Å². The van der Waals surface area contributed by atoms with Crippen LogP contribution in [0, 0.1) is 0 Å². The van der Waals surface area contributed by atoms with Gasteiger partial charge in [-0.25, -0.2) is 8.42 Å². The summed E-state index contributed by atoms with van der Waals surface area (Å²) >= 11 is 0. The van der Waals surface area contributed by atoms with Gasteiger partial charge in [-0.15, -0.1) is 0 Å². The third-order valence-corrected chi connectivity index (χ3v) is 5.77. The Hall–Kier alpha value is -1.65. The third-order valence-electron chi connectivity index (χ3n) is 3.62. The molecule has 0 amide bonds. The molecule has 0 aromatic heterocycles. The second-order valence-electron chi connectivity index (χ2n) is 4.74. The quantitative estimate of drug-likeness (QED) is 0.912. The number of fused-ring (bicyclic) bond motifs is 1. The van der Waals surface area contributed by atoms with E-state index in [9.17, 15) is 13.5 Å². The van der Waals surface area contributed by atoms with E-state index in [-0.39, 0.29) is 4.90 Å². The Morgan fingerprint density at radius 1 is 0.947 bits per heavy atom. The fraction of sp³-hybridized carbons (Fsp3) is 0.200. The highest BCUT2D eigenvalue weighted by atomic mass is 32.2. The van der Waals surface area contributed by atoms with E-state index in [1.807, 2.05) is 18.2 Å². The fourth-order valence-electron chi connectivity index (χ4n) is 2.60. The number of hydrogen-bond acceptors (Lipinski definition) is 3. The minimum atomic E-state index is -3.51. The van der Waals surface area contributed by atoms with Crippen molar-refractivity contribution in [1.82, 2.24) is 0 Å². The van der Waals surface area contributed by atoms with Crippen LogP contribution in [0.2, 0.25) is 0 Å². The molecule has 2 aromatic carbocycles. The highest BCUT2D eigenvalue weighted by molar-refractivity contribution is 7.92. The van der Waals surface area contributed by atoms with Crippen LogP contribution >= 0.6 is 0 Å². The van der Waals surface area contributed by atoms with E-state index < -0.39 is 21.2 Å². The van der Waals surface area contributed by atoms with Crippen LogP contribution in [-0.4, -0.2) is 18.8 Å². The van der Waals surface area contributed by atoms with Crippen molar-refractivity contribution in [1.29, 1.82) is 0 Å². The summed E-state index contributed by atoms with van der Waals surface area (Å²) < 4.78 is 25.1. The number of sulfone groups is 1. The summed E-state index contributed by atoms with van der Waals surface area (Å²) in [6, 6.07) is 15.7. The van der Waals surface area contributed by atoms with Crippen LogP contribution in [0.15, 0.2) is 59.5 Å². The van der Waals surface area contributed by atoms with Gasteiger partial charge in [-0.05, 0) is 29.7 Å². The lowest BCUT2D eigenvalue weighted by molar-refractivity contribution is 0.182. The smallest absolute Gasteiger partial charge is 0.184 e. The molecule has 2 atom stereocenters. The topological polar surface area (TPSA) is 54.4 Å².